The van der Waals surface area contributed by atoms with Gasteiger partial charge in [0.05, 0.1) is 6.10 Å². The van der Waals surface area contributed by atoms with Crippen molar-refractivity contribution in [3.8, 4) is 5.75 Å². The van der Waals surface area contributed by atoms with E-state index in [1.807, 2.05) is 6.92 Å². The molecule has 6 heteroatoms. The van der Waals surface area contributed by atoms with Gasteiger partial charge in [-0.15, -0.1) is 13.2 Å². The minimum atomic E-state index is -4.76. The Morgan fingerprint density at radius 1 is 1.33 bits per heavy atom. The summed E-state index contributed by atoms with van der Waals surface area (Å²) in [7, 11) is 0. The van der Waals surface area contributed by atoms with Gasteiger partial charge in [-0.05, 0) is 19.0 Å². The zero-order valence-corrected chi connectivity index (χ0v) is 10.00. The normalized spacial score (nSPS) is 13.4. The first-order valence-corrected chi connectivity index (χ1v) is 5.67. The Labute approximate surface area is 104 Å². The average Bonchev–Trinajstić information content (AvgIpc) is 2.27. The van der Waals surface area contributed by atoms with E-state index in [1.54, 1.807) is 6.07 Å². The van der Waals surface area contributed by atoms with Gasteiger partial charge in [0.25, 0.3) is 0 Å². The van der Waals surface area contributed by atoms with Crippen molar-refractivity contribution in [2.24, 2.45) is 0 Å². The van der Waals surface area contributed by atoms with E-state index in [-0.39, 0.29) is 17.9 Å². The number of benzene rings is 1. The van der Waals surface area contributed by atoms with Crippen LogP contribution in [0.2, 0.25) is 0 Å². The van der Waals surface area contributed by atoms with Crippen molar-refractivity contribution in [3.05, 3.63) is 29.8 Å². The minimum absolute atomic E-state index is 0.124. The fraction of sp³-hybridized carbons (Fsp3) is 0.500. The van der Waals surface area contributed by atoms with Gasteiger partial charge in [-0.1, -0.05) is 25.1 Å². The Kier molecular flexibility index (Phi) is 5.43. The lowest BCUT2D eigenvalue weighted by Crippen LogP contribution is -2.24. The van der Waals surface area contributed by atoms with E-state index in [2.05, 4.69) is 10.1 Å². The molecule has 1 unspecified atom stereocenters. The number of aliphatic hydroxyl groups is 1. The summed E-state index contributed by atoms with van der Waals surface area (Å²) in [6.07, 6.45) is -4.91. The van der Waals surface area contributed by atoms with Crippen molar-refractivity contribution in [1.29, 1.82) is 0 Å². The van der Waals surface area contributed by atoms with E-state index < -0.39 is 12.5 Å². The van der Waals surface area contributed by atoms with Crippen LogP contribution in [0.15, 0.2) is 24.3 Å². The molecule has 0 aliphatic rings. The Balaban J connectivity index is 2.74. The molecular formula is C12H16F3NO2. The molecule has 1 aromatic carbocycles. The lowest BCUT2D eigenvalue weighted by Gasteiger charge is -2.17. The Bertz CT molecular complexity index is 369. The molecule has 1 rings (SSSR count). The largest absolute Gasteiger partial charge is 0.573 e. The van der Waals surface area contributed by atoms with Gasteiger partial charge in [0, 0.05) is 12.1 Å². The van der Waals surface area contributed by atoms with E-state index in [0.29, 0.717) is 6.54 Å². The van der Waals surface area contributed by atoms with Crippen LogP contribution in [0.4, 0.5) is 13.2 Å². The molecule has 0 fully saturated rings. The first-order chi connectivity index (χ1) is 8.44. The van der Waals surface area contributed by atoms with Gasteiger partial charge in [0.2, 0.25) is 0 Å². The van der Waals surface area contributed by atoms with E-state index >= 15 is 0 Å². The standard InChI is InChI=1S/C12H16F3NO2/c1-2-7-16-8-10(17)9-5-3-4-6-11(9)18-12(13,14)15/h3-6,10,16-17H,2,7-8H2,1H3. The maximum Gasteiger partial charge on any atom is 0.573 e. The number of rotatable bonds is 6. The van der Waals surface area contributed by atoms with E-state index in [0.717, 1.165) is 6.42 Å². The third-order valence-electron chi connectivity index (χ3n) is 2.27. The Morgan fingerprint density at radius 2 is 2.00 bits per heavy atom. The summed E-state index contributed by atoms with van der Waals surface area (Å²) < 4.78 is 40.4. The third-order valence-corrected chi connectivity index (χ3v) is 2.27. The van der Waals surface area contributed by atoms with Crippen molar-refractivity contribution >= 4 is 0 Å². The highest BCUT2D eigenvalue weighted by Gasteiger charge is 2.32. The molecule has 1 atom stereocenters. The summed E-state index contributed by atoms with van der Waals surface area (Å²) in [6, 6.07) is 5.59. The summed E-state index contributed by atoms with van der Waals surface area (Å²) in [5, 5.41) is 12.8. The Morgan fingerprint density at radius 3 is 2.61 bits per heavy atom. The number of halogens is 3. The zero-order valence-electron chi connectivity index (χ0n) is 10.00. The first kappa shape index (κ1) is 14.8. The monoisotopic (exact) mass is 263 g/mol. The van der Waals surface area contributed by atoms with Gasteiger partial charge in [-0.3, -0.25) is 0 Å². The van der Waals surface area contributed by atoms with Crippen LogP contribution in [0.5, 0.6) is 5.75 Å². The molecule has 0 radical (unpaired) electrons. The number of para-hydroxylation sites is 1. The summed E-state index contributed by atoms with van der Waals surface area (Å²) in [6.45, 7) is 2.84. The third kappa shape index (κ3) is 4.93. The summed E-state index contributed by atoms with van der Waals surface area (Å²) in [5.74, 6) is -0.365. The molecule has 3 nitrogen and oxygen atoms in total. The molecule has 0 saturated heterocycles. The molecule has 2 N–H and O–H groups in total. The fourth-order valence-electron chi connectivity index (χ4n) is 1.50. The van der Waals surface area contributed by atoms with Crippen LogP contribution in [0.1, 0.15) is 25.0 Å². The second-order valence-electron chi connectivity index (χ2n) is 3.81. The topological polar surface area (TPSA) is 41.5 Å². The number of aliphatic hydroxyl groups excluding tert-OH is 1. The van der Waals surface area contributed by atoms with Crippen molar-refractivity contribution in [2.75, 3.05) is 13.1 Å². The smallest absolute Gasteiger partial charge is 0.405 e. The van der Waals surface area contributed by atoms with Crippen LogP contribution >= 0.6 is 0 Å². The molecule has 0 aromatic heterocycles. The predicted octanol–water partition coefficient (Wildman–Crippen LogP) is 2.62. The average molecular weight is 263 g/mol. The number of alkyl halides is 3. The van der Waals surface area contributed by atoms with Crippen LogP contribution in [0.3, 0.4) is 0 Å². The number of nitrogens with one attached hydrogen (secondary N) is 1. The SMILES string of the molecule is CCCNCC(O)c1ccccc1OC(F)(F)F. The maximum absolute atomic E-state index is 12.2. The molecule has 0 saturated carbocycles. The second kappa shape index (κ2) is 6.61. The fourth-order valence-corrected chi connectivity index (χ4v) is 1.50. The van der Waals surface area contributed by atoms with Crippen molar-refractivity contribution in [1.82, 2.24) is 5.32 Å². The van der Waals surface area contributed by atoms with Crippen LogP contribution in [0, 0.1) is 0 Å². The van der Waals surface area contributed by atoms with Gasteiger partial charge >= 0.3 is 6.36 Å². The lowest BCUT2D eigenvalue weighted by molar-refractivity contribution is -0.275. The molecule has 0 aliphatic carbocycles. The van der Waals surface area contributed by atoms with Crippen molar-refractivity contribution < 1.29 is 23.0 Å². The number of hydrogen-bond acceptors (Lipinski definition) is 3. The van der Waals surface area contributed by atoms with Crippen LogP contribution in [-0.4, -0.2) is 24.6 Å². The number of hydrogen-bond donors (Lipinski definition) is 2. The molecule has 18 heavy (non-hydrogen) atoms. The molecule has 1 aromatic rings. The highest BCUT2D eigenvalue weighted by molar-refractivity contribution is 5.35. The predicted molar refractivity (Wildman–Crippen MR) is 61.2 cm³/mol. The lowest BCUT2D eigenvalue weighted by atomic mass is 10.1. The highest BCUT2D eigenvalue weighted by atomic mass is 19.4. The van der Waals surface area contributed by atoms with Crippen LogP contribution in [-0.2, 0) is 0 Å². The first-order valence-electron chi connectivity index (χ1n) is 5.67. The quantitative estimate of drug-likeness (QED) is 0.775. The van der Waals surface area contributed by atoms with Gasteiger partial charge in [0.1, 0.15) is 5.75 Å². The zero-order chi connectivity index (χ0) is 13.6. The molecule has 102 valence electrons. The molecule has 0 amide bonds. The van der Waals surface area contributed by atoms with Gasteiger partial charge in [-0.25, -0.2) is 0 Å². The van der Waals surface area contributed by atoms with Crippen LogP contribution < -0.4 is 10.1 Å². The van der Waals surface area contributed by atoms with E-state index in [1.165, 1.54) is 18.2 Å². The van der Waals surface area contributed by atoms with Gasteiger partial charge < -0.3 is 15.2 Å². The van der Waals surface area contributed by atoms with Crippen LogP contribution in [0.25, 0.3) is 0 Å². The summed E-state index contributed by atoms with van der Waals surface area (Å²) in [5.41, 5.74) is 0.124. The van der Waals surface area contributed by atoms with E-state index in [4.69, 9.17) is 0 Å². The molecule has 0 heterocycles. The summed E-state index contributed by atoms with van der Waals surface area (Å²) >= 11 is 0. The molecule has 0 spiro atoms. The molecule has 0 aliphatic heterocycles. The Hall–Kier alpha value is -1.27. The molecule has 0 bridgehead atoms. The van der Waals surface area contributed by atoms with E-state index in [9.17, 15) is 18.3 Å². The molecular weight excluding hydrogens is 247 g/mol. The summed E-state index contributed by atoms with van der Waals surface area (Å²) in [4.78, 5) is 0. The second-order valence-corrected chi connectivity index (χ2v) is 3.81. The van der Waals surface area contributed by atoms with Gasteiger partial charge in [-0.2, -0.15) is 0 Å². The van der Waals surface area contributed by atoms with Crippen molar-refractivity contribution in [2.45, 2.75) is 25.8 Å². The van der Waals surface area contributed by atoms with Crippen molar-refractivity contribution in [3.63, 3.8) is 0 Å². The number of ether oxygens (including phenoxy) is 1. The maximum atomic E-state index is 12.2. The van der Waals surface area contributed by atoms with Gasteiger partial charge in [0.15, 0.2) is 0 Å². The minimum Gasteiger partial charge on any atom is -0.405 e. The highest BCUT2D eigenvalue weighted by Crippen LogP contribution is 2.29.